The maximum absolute atomic E-state index is 9.62. The van der Waals surface area contributed by atoms with E-state index < -0.39 is 0 Å². The fourth-order valence-corrected chi connectivity index (χ4v) is 6.18. The van der Waals surface area contributed by atoms with Crippen LogP contribution in [0.5, 0.6) is 0 Å². The molecule has 8 rings (SSSR count). The van der Waals surface area contributed by atoms with Gasteiger partial charge in [-0.1, -0.05) is 84.3 Å². The lowest BCUT2D eigenvalue weighted by Gasteiger charge is -2.10. The molecule has 2 heterocycles. The highest BCUT2D eigenvalue weighted by atomic mass is 16.2. The number of hydrogen-bond donors (Lipinski definition) is 1. The lowest BCUT2D eigenvalue weighted by molar-refractivity contribution is 0.615. The van der Waals surface area contributed by atoms with Crippen molar-refractivity contribution in [1.82, 2.24) is 9.13 Å². The molecule has 8 aromatic rings. The van der Waals surface area contributed by atoms with Crippen LogP contribution in [0, 0.1) is 0 Å². The average Bonchev–Trinajstić information content (AvgIpc) is 3.54. The molecule has 4 heteroatoms. The van der Waals surface area contributed by atoms with Crippen LogP contribution >= 0.6 is 0 Å². The van der Waals surface area contributed by atoms with Crippen LogP contribution in [0.15, 0.2) is 140 Å². The van der Waals surface area contributed by atoms with Gasteiger partial charge in [0, 0.05) is 32.9 Å². The fraction of sp³-hybridized carbons (Fsp3) is 0. The molecule has 3 nitrogen and oxygen atoms in total. The number of hydrogen-bond acceptors (Lipinski definition) is 1. The van der Waals surface area contributed by atoms with Crippen LogP contribution in [-0.2, 0) is 0 Å². The van der Waals surface area contributed by atoms with E-state index in [0.29, 0.717) is 0 Å². The summed E-state index contributed by atoms with van der Waals surface area (Å²) in [4.78, 5) is 0. The Hall–Kier alpha value is -5.06. The van der Waals surface area contributed by atoms with Gasteiger partial charge in [-0.25, -0.2) is 0 Å². The van der Waals surface area contributed by atoms with Crippen molar-refractivity contribution in [3.05, 3.63) is 140 Å². The second kappa shape index (κ2) is 9.01. The standard InChI is InChI=1S/C36H24BN2O/c40-37-26-9-8-12-28(23-26)39-34-16-7-5-14-30(34)32-22-25(18-20-36(32)39)24-17-19-35-31(21-24)29-13-4-6-15-33(29)38(35)27-10-2-1-3-11-27/h1-23,40H. The van der Waals surface area contributed by atoms with Gasteiger partial charge >= 0.3 is 7.48 Å². The molecule has 0 aliphatic heterocycles. The van der Waals surface area contributed by atoms with E-state index in [2.05, 4.69) is 130 Å². The van der Waals surface area contributed by atoms with Gasteiger partial charge in [0.15, 0.2) is 0 Å². The van der Waals surface area contributed by atoms with E-state index in [9.17, 15) is 5.02 Å². The second-order valence-corrected chi connectivity index (χ2v) is 10.2. The molecule has 187 valence electrons. The highest BCUT2D eigenvalue weighted by Gasteiger charge is 2.16. The molecule has 0 fully saturated rings. The van der Waals surface area contributed by atoms with Crippen LogP contribution in [-0.4, -0.2) is 21.6 Å². The van der Waals surface area contributed by atoms with Crippen LogP contribution in [0.4, 0.5) is 0 Å². The topological polar surface area (TPSA) is 30.1 Å². The quantitative estimate of drug-likeness (QED) is 0.240. The zero-order chi connectivity index (χ0) is 26.6. The van der Waals surface area contributed by atoms with Crippen molar-refractivity contribution in [3.8, 4) is 22.5 Å². The minimum absolute atomic E-state index is 0.781. The molecule has 0 saturated carbocycles. The summed E-state index contributed by atoms with van der Waals surface area (Å²) >= 11 is 0. The van der Waals surface area contributed by atoms with Gasteiger partial charge in [-0.3, -0.25) is 0 Å². The molecule has 0 saturated heterocycles. The first-order valence-corrected chi connectivity index (χ1v) is 13.5. The monoisotopic (exact) mass is 511 g/mol. The summed E-state index contributed by atoms with van der Waals surface area (Å²) in [5.41, 5.74) is 10.0. The molecule has 0 atom stereocenters. The van der Waals surface area contributed by atoms with Gasteiger partial charge in [0.05, 0.1) is 22.1 Å². The first-order valence-electron chi connectivity index (χ1n) is 13.5. The smallest absolute Gasteiger partial charge is 0.326 e. The fourth-order valence-electron chi connectivity index (χ4n) is 6.18. The van der Waals surface area contributed by atoms with Crippen LogP contribution in [0.25, 0.3) is 66.1 Å². The SMILES string of the molecule is O[B]c1cccc(-n2c3ccccc3c3cc(-c4ccc5c(c4)c4ccccc4n5-c4ccccc4)ccc32)c1. The summed E-state index contributed by atoms with van der Waals surface area (Å²) in [7, 11) is 1.15. The lowest BCUT2D eigenvalue weighted by atomic mass is 9.88. The third kappa shape index (κ3) is 3.43. The Labute approximate surface area is 232 Å². The van der Waals surface area contributed by atoms with Gasteiger partial charge in [0.2, 0.25) is 0 Å². The Morgan fingerprint density at radius 2 is 0.900 bits per heavy atom. The van der Waals surface area contributed by atoms with Crippen LogP contribution in [0.1, 0.15) is 0 Å². The van der Waals surface area contributed by atoms with Gasteiger partial charge in [-0.05, 0) is 71.8 Å². The van der Waals surface area contributed by atoms with Crippen molar-refractivity contribution in [2.45, 2.75) is 0 Å². The first-order chi connectivity index (χ1) is 19.8. The van der Waals surface area contributed by atoms with E-state index in [0.717, 1.165) is 29.7 Å². The molecule has 2 aromatic heterocycles. The molecule has 1 N–H and O–H groups in total. The normalized spacial score (nSPS) is 11.6. The van der Waals surface area contributed by atoms with Crippen molar-refractivity contribution < 1.29 is 5.02 Å². The lowest BCUT2D eigenvalue weighted by Crippen LogP contribution is -2.13. The van der Waals surface area contributed by atoms with Gasteiger partial charge in [0.1, 0.15) is 0 Å². The van der Waals surface area contributed by atoms with Crippen molar-refractivity contribution in [2.24, 2.45) is 0 Å². The van der Waals surface area contributed by atoms with E-state index in [1.165, 1.54) is 49.4 Å². The third-order valence-electron chi connectivity index (χ3n) is 7.97. The van der Waals surface area contributed by atoms with Gasteiger partial charge in [0.25, 0.3) is 0 Å². The summed E-state index contributed by atoms with van der Waals surface area (Å²) in [6.45, 7) is 0. The summed E-state index contributed by atoms with van der Waals surface area (Å²) in [5.74, 6) is 0. The molecule has 6 aromatic carbocycles. The number of fused-ring (bicyclic) bond motifs is 6. The number of rotatable bonds is 4. The summed E-state index contributed by atoms with van der Waals surface area (Å²) in [6.07, 6.45) is 0. The van der Waals surface area contributed by atoms with Crippen LogP contribution in [0.2, 0.25) is 0 Å². The van der Waals surface area contributed by atoms with E-state index in [1.807, 2.05) is 18.2 Å². The highest BCUT2D eigenvalue weighted by Crippen LogP contribution is 2.38. The van der Waals surface area contributed by atoms with Gasteiger partial charge in [-0.2, -0.15) is 0 Å². The summed E-state index contributed by atoms with van der Waals surface area (Å²) in [5, 5.41) is 14.5. The number of para-hydroxylation sites is 3. The van der Waals surface area contributed by atoms with Gasteiger partial charge < -0.3 is 14.2 Å². The van der Waals surface area contributed by atoms with Crippen LogP contribution in [0.3, 0.4) is 0 Å². The Bertz CT molecular complexity index is 2210. The molecule has 0 unspecified atom stereocenters. The van der Waals surface area contributed by atoms with Crippen molar-refractivity contribution >= 4 is 56.6 Å². The maximum Gasteiger partial charge on any atom is 0.326 e. The third-order valence-corrected chi connectivity index (χ3v) is 7.97. The average molecular weight is 511 g/mol. The number of benzene rings is 6. The highest BCUT2D eigenvalue weighted by molar-refractivity contribution is 6.45. The molecule has 0 aliphatic rings. The minimum atomic E-state index is 0.781. The Balaban J connectivity index is 1.35. The zero-order valence-corrected chi connectivity index (χ0v) is 21.7. The molecule has 0 aliphatic carbocycles. The molecule has 1 radical (unpaired) electrons. The Kier molecular flexibility index (Phi) is 5.16. The summed E-state index contributed by atoms with van der Waals surface area (Å²) < 4.78 is 4.63. The predicted molar refractivity (Wildman–Crippen MR) is 168 cm³/mol. The van der Waals surface area contributed by atoms with Crippen molar-refractivity contribution in [3.63, 3.8) is 0 Å². The summed E-state index contributed by atoms with van der Waals surface area (Å²) in [6, 6.07) is 49.3. The molecular formula is C36H24BN2O. The molecule has 0 bridgehead atoms. The Morgan fingerprint density at radius 3 is 1.50 bits per heavy atom. The maximum atomic E-state index is 9.62. The van der Waals surface area contributed by atoms with Crippen molar-refractivity contribution in [2.75, 3.05) is 0 Å². The minimum Gasteiger partial charge on any atom is -0.450 e. The Morgan fingerprint density at radius 1 is 0.400 bits per heavy atom. The van der Waals surface area contributed by atoms with E-state index in [4.69, 9.17) is 0 Å². The van der Waals surface area contributed by atoms with E-state index in [1.54, 1.807) is 0 Å². The van der Waals surface area contributed by atoms with E-state index >= 15 is 0 Å². The molecule has 0 spiro atoms. The largest absolute Gasteiger partial charge is 0.450 e. The zero-order valence-electron chi connectivity index (χ0n) is 21.7. The molecule has 40 heavy (non-hydrogen) atoms. The van der Waals surface area contributed by atoms with E-state index in [-0.39, 0.29) is 0 Å². The second-order valence-electron chi connectivity index (χ2n) is 10.2. The molecule has 0 amide bonds. The number of aromatic nitrogens is 2. The number of nitrogens with zero attached hydrogens (tertiary/aromatic N) is 2. The van der Waals surface area contributed by atoms with Gasteiger partial charge in [-0.15, -0.1) is 0 Å². The van der Waals surface area contributed by atoms with Crippen molar-refractivity contribution in [1.29, 1.82) is 0 Å². The molecular weight excluding hydrogens is 487 g/mol. The first kappa shape index (κ1) is 22.9. The predicted octanol–water partition coefficient (Wildman–Crippen LogP) is 7.78. The van der Waals surface area contributed by atoms with Crippen LogP contribution < -0.4 is 5.46 Å².